The van der Waals surface area contributed by atoms with Crippen LogP contribution in [0.1, 0.15) is 60.0 Å². The number of aliphatic hydroxyl groups excluding tert-OH is 2. The highest BCUT2D eigenvalue weighted by Gasteiger charge is 2.59. The van der Waals surface area contributed by atoms with Crippen LogP contribution in [0.2, 0.25) is 0 Å². The number of amides is 2. The highest BCUT2D eigenvalue weighted by atomic mass is 32.1. The summed E-state index contributed by atoms with van der Waals surface area (Å²) in [6, 6.07) is 5.31. The van der Waals surface area contributed by atoms with Crippen molar-refractivity contribution in [3.63, 3.8) is 0 Å². The molecule has 4 N–H and O–H groups in total. The van der Waals surface area contributed by atoms with Gasteiger partial charge in [0.25, 0.3) is 5.91 Å². The van der Waals surface area contributed by atoms with Gasteiger partial charge in [0.15, 0.2) is 5.13 Å². The van der Waals surface area contributed by atoms with E-state index in [4.69, 9.17) is 4.98 Å². The molecule has 1 aromatic carbocycles. The van der Waals surface area contributed by atoms with E-state index in [-0.39, 0.29) is 42.1 Å². The number of carbonyl (C=O) groups is 2. The normalized spacial score (nSPS) is 28.9. The fourth-order valence-electron chi connectivity index (χ4n) is 6.15. The average molecular weight is 533 g/mol. The Balaban J connectivity index is 1.65. The Kier molecular flexibility index (Phi) is 8.04. The van der Waals surface area contributed by atoms with Crippen molar-refractivity contribution in [1.29, 1.82) is 0 Å². The van der Waals surface area contributed by atoms with Crippen LogP contribution in [-0.4, -0.2) is 71.8 Å². The summed E-state index contributed by atoms with van der Waals surface area (Å²) >= 11 is 1.36. The van der Waals surface area contributed by atoms with E-state index in [1.54, 1.807) is 0 Å². The van der Waals surface area contributed by atoms with Crippen molar-refractivity contribution in [3.05, 3.63) is 46.2 Å². The number of benzene rings is 1. The van der Waals surface area contributed by atoms with E-state index >= 15 is 0 Å². The Bertz CT molecular complexity index is 1140. The largest absolute Gasteiger partial charge is 0.396 e. The SMILES string of the molecule is CN(C)CCNC(=O)C[C@@H]1c2nc(NC(=O)c3ccc(F)cc3)sc2C[C@@H]2[C@](C)(CO)[C@H](O)CC[C@]21C. The van der Waals surface area contributed by atoms with Crippen LogP contribution in [0.4, 0.5) is 9.52 Å². The lowest BCUT2D eigenvalue weighted by Crippen LogP contribution is -2.57. The number of hydrogen-bond donors (Lipinski definition) is 4. The smallest absolute Gasteiger partial charge is 0.257 e. The molecular formula is C27H37FN4O4S. The summed E-state index contributed by atoms with van der Waals surface area (Å²) in [6.45, 7) is 5.19. The second-order valence-corrected chi connectivity index (χ2v) is 12.3. The molecule has 8 nitrogen and oxygen atoms in total. The summed E-state index contributed by atoms with van der Waals surface area (Å²) in [7, 11) is 3.90. The van der Waals surface area contributed by atoms with Crippen LogP contribution >= 0.6 is 11.3 Å². The highest BCUT2D eigenvalue weighted by molar-refractivity contribution is 7.15. The number of hydrogen-bond acceptors (Lipinski definition) is 7. The van der Waals surface area contributed by atoms with E-state index in [0.29, 0.717) is 36.5 Å². The Morgan fingerprint density at radius 1 is 1.24 bits per heavy atom. The Morgan fingerprint density at radius 2 is 1.95 bits per heavy atom. The maximum atomic E-state index is 13.3. The molecule has 0 radical (unpaired) electrons. The Labute approximate surface area is 221 Å². The van der Waals surface area contributed by atoms with Gasteiger partial charge in [0.2, 0.25) is 5.91 Å². The minimum absolute atomic E-state index is 0.0677. The minimum atomic E-state index is -0.716. The fourth-order valence-corrected chi connectivity index (χ4v) is 7.21. The molecule has 10 heteroatoms. The van der Waals surface area contributed by atoms with Gasteiger partial charge in [0, 0.05) is 41.3 Å². The molecule has 2 aliphatic carbocycles. The van der Waals surface area contributed by atoms with Gasteiger partial charge in [-0.25, -0.2) is 9.37 Å². The minimum Gasteiger partial charge on any atom is -0.396 e. The van der Waals surface area contributed by atoms with Gasteiger partial charge >= 0.3 is 0 Å². The molecule has 1 saturated carbocycles. The zero-order chi connectivity index (χ0) is 27.0. The molecule has 4 rings (SSSR count). The molecule has 0 aliphatic heterocycles. The van der Waals surface area contributed by atoms with Crippen LogP contribution in [0.3, 0.4) is 0 Å². The van der Waals surface area contributed by atoms with Gasteiger partial charge in [-0.2, -0.15) is 0 Å². The number of nitrogens with zero attached hydrogens (tertiary/aromatic N) is 2. The molecule has 1 fully saturated rings. The van der Waals surface area contributed by atoms with Crippen molar-refractivity contribution in [2.75, 3.05) is 39.1 Å². The number of anilines is 1. The van der Waals surface area contributed by atoms with Crippen molar-refractivity contribution in [1.82, 2.24) is 15.2 Å². The number of likely N-dealkylation sites (N-methyl/N-ethyl adjacent to an activating group) is 1. The van der Waals surface area contributed by atoms with Crippen molar-refractivity contribution in [2.24, 2.45) is 16.7 Å². The number of aromatic nitrogens is 1. The molecule has 202 valence electrons. The van der Waals surface area contributed by atoms with E-state index in [0.717, 1.165) is 17.1 Å². The van der Waals surface area contributed by atoms with Crippen molar-refractivity contribution < 1.29 is 24.2 Å². The van der Waals surface area contributed by atoms with E-state index < -0.39 is 17.3 Å². The number of rotatable bonds is 8. The molecule has 2 aliphatic rings. The molecule has 5 atom stereocenters. The van der Waals surface area contributed by atoms with Crippen LogP contribution in [0.25, 0.3) is 0 Å². The van der Waals surface area contributed by atoms with Gasteiger partial charge in [-0.05, 0) is 69.0 Å². The van der Waals surface area contributed by atoms with Gasteiger partial charge < -0.3 is 20.4 Å². The monoisotopic (exact) mass is 532 g/mol. The van der Waals surface area contributed by atoms with Gasteiger partial charge in [0.1, 0.15) is 5.82 Å². The average Bonchev–Trinajstić information content (AvgIpc) is 3.25. The van der Waals surface area contributed by atoms with Crippen molar-refractivity contribution in [2.45, 2.75) is 51.6 Å². The van der Waals surface area contributed by atoms with Gasteiger partial charge in [-0.15, -0.1) is 11.3 Å². The zero-order valence-corrected chi connectivity index (χ0v) is 22.7. The third-order valence-electron chi connectivity index (χ3n) is 8.49. The lowest BCUT2D eigenvalue weighted by atomic mass is 9.47. The van der Waals surface area contributed by atoms with Crippen molar-refractivity contribution >= 4 is 28.3 Å². The fraction of sp³-hybridized carbons (Fsp3) is 0.593. The molecule has 37 heavy (non-hydrogen) atoms. The molecule has 2 aromatic rings. The number of aliphatic hydroxyl groups is 2. The molecule has 0 spiro atoms. The summed E-state index contributed by atoms with van der Waals surface area (Å²) in [5.74, 6) is -1.17. The summed E-state index contributed by atoms with van der Waals surface area (Å²) < 4.78 is 13.3. The first kappa shape index (κ1) is 27.6. The lowest BCUT2D eigenvalue weighted by molar-refractivity contribution is -0.144. The number of carbonyl (C=O) groups excluding carboxylic acids is 2. The second-order valence-electron chi connectivity index (χ2n) is 11.2. The number of fused-ring (bicyclic) bond motifs is 2. The zero-order valence-electron chi connectivity index (χ0n) is 21.9. The third kappa shape index (κ3) is 5.43. The summed E-state index contributed by atoms with van der Waals surface area (Å²) in [4.78, 5) is 33.6. The predicted octanol–water partition coefficient (Wildman–Crippen LogP) is 3.02. The maximum absolute atomic E-state index is 13.3. The van der Waals surface area contributed by atoms with E-state index in [1.165, 1.54) is 35.6 Å². The highest BCUT2D eigenvalue weighted by Crippen LogP contribution is 2.62. The van der Waals surface area contributed by atoms with Crippen molar-refractivity contribution in [3.8, 4) is 0 Å². The van der Waals surface area contributed by atoms with Gasteiger partial charge in [0.05, 0.1) is 18.4 Å². The quantitative estimate of drug-likeness (QED) is 0.416. The molecule has 0 saturated heterocycles. The molecule has 1 heterocycles. The third-order valence-corrected chi connectivity index (χ3v) is 9.50. The van der Waals surface area contributed by atoms with E-state index in [1.807, 2.05) is 25.9 Å². The first-order chi connectivity index (χ1) is 17.5. The molecule has 0 bridgehead atoms. The van der Waals surface area contributed by atoms with Crippen LogP contribution in [-0.2, 0) is 11.2 Å². The number of thiazole rings is 1. The molecule has 2 amide bonds. The number of nitrogens with one attached hydrogen (secondary N) is 2. The topological polar surface area (TPSA) is 115 Å². The first-order valence-electron chi connectivity index (χ1n) is 12.7. The van der Waals surface area contributed by atoms with Gasteiger partial charge in [-0.3, -0.25) is 14.9 Å². The Morgan fingerprint density at radius 3 is 2.59 bits per heavy atom. The van der Waals surface area contributed by atoms with Crippen LogP contribution in [0.15, 0.2) is 24.3 Å². The summed E-state index contributed by atoms with van der Waals surface area (Å²) in [5, 5.41) is 27.5. The lowest BCUT2D eigenvalue weighted by Gasteiger charge is -2.58. The predicted molar refractivity (Wildman–Crippen MR) is 141 cm³/mol. The first-order valence-corrected chi connectivity index (χ1v) is 13.6. The van der Waals surface area contributed by atoms with Crippen LogP contribution < -0.4 is 10.6 Å². The maximum Gasteiger partial charge on any atom is 0.257 e. The molecule has 0 unspecified atom stereocenters. The van der Waals surface area contributed by atoms with E-state index in [2.05, 4.69) is 17.6 Å². The number of halogens is 1. The van der Waals surface area contributed by atoms with Gasteiger partial charge in [-0.1, -0.05) is 13.8 Å². The Hall–Kier alpha value is -2.40. The standard InChI is InChI=1S/C27H37FN4O4S/c1-26-10-9-21(34)27(2,15-33)20(26)14-19-23(18(26)13-22(35)29-11-12-32(3)4)30-25(37-19)31-24(36)16-5-7-17(28)8-6-16/h5-8,18,20-21,33-34H,9-15H2,1-4H3,(H,29,35)(H,30,31,36)/t18-,20+,21-,26+,27+/m1/s1. The second kappa shape index (κ2) is 10.8. The molecular weight excluding hydrogens is 495 g/mol. The summed E-state index contributed by atoms with van der Waals surface area (Å²) in [6.07, 6.45) is 1.44. The summed E-state index contributed by atoms with van der Waals surface area (Å²) in [5.41, 5.74) is 0.0430. The van der Waals surface area contributed by atoms with Crippen LogP contribution in [0, 0.1) is 22.6 Å². The van der Waals surface area contributed by atoms with Crippen LogP contribution in [0.5, 0.6) is 0 Å². The van der Waals surface area contributed by atoms with E-state index in [9.17, 15) is 24.2 Å². The molecule has 1 aromatic heterocycles.